The minimum atomic E-state index is 0.543. The molecule has 0 saturated carbocycles. The lowest BCUT2D eigenvalue weighted by Gasteiger charge is -2.15. The summed E-state index contributed by atoms with van der Waals surface area (Å²) in [6.07, 6.45) is 6.63. The van der Waals surface area contributed by atoms with E-state index in [4.69, 9.17) is 16.3 Å². The van der Waals surface area contributed by atoms with Gasteiger partial charge in [-0.25, -0.2) is 0 Å². The third-order valence-electron chi connectivity index (χ3n) is 2.87. The summed E-state index contributed by atoms with van der Waals surface area (Å²) in [6.45, 7) is 0.759. The molecule has 0 unspecified atom stereocenters. The molecule has 1 aromatic rings. The highest BCUT2D eigenvalue weighted by Crippen LogP contribution is 2.26. The number of halogens is 1. The number of benzene rings is 1. The summed E-state index contributed by atoms with van der Waals surface area (Å²) in [4.78, 5) is 0. The van der Waals surface area contributed by atoms with Crippen LogP contribution in [0.5, 0.6) is 5.75 Å². The summed E-state index contributed by atoms with van der Waals surface area (Å²) in [6, 6.07) is 6.28. The predicted molar refractivity (Wildman–Crippen MR) is 67.0 cm³/mol. The highest BCUT2D eigenvalue weighted by molar-refractivity contribution is 6.31. The zero-order valence-electron chi connectivity index (χ0n) is 9.37. The molecular formula is C13H16ClNO. The van der Waals surface area contributed by atoms with E-state index in [0.29, 0.717) is 6.04 Å². The molecule has 1 aromatic carbocycles. The van der Waals surface area contributed by atoms with Crippen molar-refractivity contribution in [3.8, 4) is 5.75 Å². The summed E-state index contributed by atoms with van der Waals surface area (Å²) in [5, 5.41) is 4.25. The summed E-state index contributed by atoms with van der Waals surface area (Å²) < 4.78 is 5.30. The maximum atomic E-state index is 6.16. The average Bonchev–Trinajstić information content (AvgIpc) is 2.80. The minimum Gasteiger partial charge on any atom is -0.496 e. The fourth-order valence-corrected chi connectivity index (χ4v) is 2.16. The Labute approximate surface area is 101 Å². The van der Waals surface area contributed by atoms with Gasteiger partial charge in [-0.3, -0.25) is 0 Å². The van der Waals surface area contributed by atoms with Crippen molar-refractivity contribution in [1.29, 1.82) is 0 Å². The first-order valence-corrected chi connectivity index (χ1v) is 5.89. The molecule has 16 heavy (non-hydrogen) atoms. The SMILES string of the molecule is COc1cccc(Cl)c1CNC1CC=CC1. The molecular weight excluding hydrogens is 222 g/mol. The number of hydrogen-bond donors (Lipinski definition) is 1. The van der Waals surface area contributed by atoms with Gasteiger partial charge in [-0.05, 0) is 25.0 Å². The van der Waals surface area contributed by atoms with Crippen molar-refractivity contribution in [3.05, 3.63) is 40.9 Å². The third kappa shape index (κ3) is 2.57. The number of ether oxygens (including phenoxy) is 1. The molecule has 0 bridgehead atoms. The van der Waals surface area contributed by atoms with Gasteiger partial charge in [-0.15, -0.1) is 0 Å². The minimum absolute atomic E-state index is 0.543. The van der Waals surface area contributed by atoms with Crippen molar-refractivity contribution >= 4 is 11.6 Å². The van der Waals surface area contributed by atoms with Crippen molar-refractivity contribution in [2.24, 2.45) is 0 Å². The Bertz CT molecular complexity index is 382. The largest absolute Gasteiger partial charge is 0.496 e. The number of hydrogen-bond acceptors (Lipinski definition) is 2. The third-order valence-corrected chi connectivity index (χ3v) is 3.23. The van der Waals surface area contributed by atoms with E-state index in [2.05, 4.69) is 17.5 Å². The van der Waals surface area contributed by atoms with Gasteiger partial charge in [0.2, 0.25) is 0 Å². The Kier molecular flexibility index (Phi) is 3.86. The van der Waals surface area contributed by atoms with Crippen molar-refractivity contribution in [2.75, 3.05) is 7.11 Å². The van der Waals surface area contributed by atoms with Crippen LogP contribution in [0.25, 0.3) is 0 Å². The first-order chi connectivity index (χ1) is 7.81. The van der Waals surface area contributed by atoms with E-state index in [9.17, 15) is 0 Å². The standard InChI is InChI=1S/C13H16ClNO/c1-16-13-8-4-7-12(14)11(13)9-15-10-5-2-3-6-10/h2-4,7-8,10,15H,5-6,9H2,1H3. The van der Waals surface area contributed by atoms with Gasteiger partial charge in [-0.1, -0.05) is 29.8 Å². The molecule has 0 atom stereocenters. The molecule has 1 aliphatic rings. The first kappa shape index (κ1) is 11.5. The zero-order chi connectivity index (χ0) is 11.4. The lowest BCUT2D eigenvalue weighted by Crippen LogP contribution is -2.26. The van der Waals surface area contributed by atoms with Crippen molar-refractivity contribution in [2.45, 2.75) is 25.4 Å². The van der Waals surface area contributed by atoms with E-state index >= 15 is 0 Å². The first-order valence-electron chi connectivity index (χ1n) is 5.51. The molecule has 0 radical (unpaired) electrons. The quantitative estimate of drug-likeness (QED) is 0.813. The molecule has 3 heteroatoms. The Hall–Kier alpha value is -0.990. The lowest BCUT2D eigenvalue weighted by atomic mass is 10.1. The van der Waals surface area contributed by atoms with Crippen LogP contribution in [-0.2, 0) is 6.54 Å². The molecule has 2 rings (SSSR count). The molecule has 2 nitrogen and oxygen atoms in total. The van der Waals surface area contributed by atoms with Gasteiger partial charge in [0.25, 0.3) is 0 Å². The number of rotatable bonds is 4. The normalized spacial score (nSPS) is 15.6. The number of methoxy groups -OCH3 is 1. The van der Waals surface area contributed by atoms with Gasteiger partial charge in [0, 0.05) is 23.2 Å². The second kappa shape index (κ2) is 5.37. The lowest BCUT2D eigenvalue weighted by molar-refractivity contribution is 0.405. The van der Waals surface area contributed by atoms with E-state index in [1.165, 1.54) is 0 Å². The van der Waals surface area contributed by atoms with E-state index in [1.807, 2.05) is 18.2 Å². The van der Waals surface area contributed by atoms with Crippen molar-refractivity contribution < 1.29 is 4.74 Å². The fourth-order valence-electron chi connectivity index (χ4n) is 1.93. The Morgan fingerprint density at radius 2 is 2.12 bits per heavy atom. The van der Waals surface area contributed by atoms with E-state index < -0.39 is 0 Å². The molecule has 0 fully saturated rings. The van der Waals surface area contributed by atoms with Gasteiger partial charge in [0.1, 0.15) is 5.75 Å². The summed E-state index contributed by atoms with van der Waals surface area (Å²) >= 11 is 6.16. The molecule has 86 valence electrons. The second-order valence-corrected chi connectivity index (χ2v) is 4.35. The average molecular weight is 238 g/mol. The smallest absolute Gasteiger partial charge is 0.124 e. The van der Waals surface area contributed by atoms with Crippen LogP contribution in [0.1, 0.15) is 18.4 Å². The van der Waals surface area contributed by atoms with E-state index in [0.717, 1.165) is 35.7 Å². The van der Waals surface area contributed by atoms with E-state index in [-0.39, 0.29) is 0 Å². The van der Waals surface area contributed by atoms with Crippen LogP contribution in [0.4, 0.5) is 0 Å². The fraction of sp³-hybridized carbons (Fsp3) is 0.385. The second-order valence-electron chi connectivity index (χ2n) is 3.94. The Balaban J connectivity index is 2.02. The van der Waals surface area contributed by atoms with Crippen LogP contribution in [-0.4, -0.2) is 13.2 Å². The summed E-state index contributed by atoms with van der Waals surface area (Å²) in [5.74, 6) is 0.853. The van der Waals surface area contributed by atoms with Crippen molar-refractivity contribution in [3.63, 3.8) is 0 Å². The summed E-state index contributed by atoms with van der Waals surface area (Å²) in [7, 11) is 1.67. The van der Waals surface area contributed by atoms with Crippen LogP contribution in [0.15, 0.2) is 30.4 Å². The van der Waals surface area contributed by atoms with Crippen LogP contribution in [0, 0.1) is 0 Å². The molecule has 1 N–H and O–H groups in total. The maximum Gasteiger partial charge on any atom is 0.124 e. The molecule has 1 aliphatic carbocycles. The highest BCUT2D eigenvalue weighted by Gasteiger charge is 2.12. The van der Waals surface area contributed by atoms with Gasteiger partial charge in [-0.2, -0.15) is 0 Å². The van der Waals surface area contributed by atoms with E-state index in [1.54, 1.807) is 7.11 Å². The molecule has 0 spiro atoms. The maximum absolute atomic E-state index is 6.16. The van der Waals surface area contributed by atoms with Gasteiger partial charge in [0.05, 0.1) is 7.11 Å². The number of nitrogens with one attached hydrogen (secondary N) is 1. The molecule has 0 amide bonds. The van der Waals surface area contributed by atoms with Gasteiger partial charge in [0.15, 0.2) is 0 Å². The molecule has 0 saturated heterocycles. The molecule has 0 aromatic heterocycles. The molecule has 0 heterocycles. The zero-order valence-corrected chi connectivity index (χ0v) is 10.1. The predicted octanol–water partition coefficient (Wildman–Crippen LogP) is 3.16. The Morgan fingerprint density at radius 3 is 2.81 bits per heavy atom. The van der Waals surface area contributed by atoms with Crippen LogP contribution >= 0.6 is 11.6 Å². The van der Waals surface area contributed by atoms with Gasteiger partial charge < -0.3 is 10.1 Å². The highest BCUT2D eigenvalue weighted by atomic mass is 35.5. The molecule has 0 aliphatic heterocycles. The van der Waals surface area contributed by atoms with Crippen LogP contribution in [0.3, 0.4) is 0 Å². The van der Waals surface area contributed by atoms with Crippen LogP contribution in [0.2, 0.25) is 5.02 Å². The Morgan fingerprint density at radius 1 is 1.38 bits per heavy atom. The summed E-state index contributed by atoms with van der Waals surface area (Å²) in [5.41, 5.74) is 1.04. The topological polar surface area (TPSA) is 21.3 Å². The van der Waals surface area contributed by atoms with Crippen LogP contribution < -0.4 is 10.1 Å². The monoisotopic (exact) mass is 237 g/mol. The van der Waals surface area contributed by atoms with Gasteiger partial charge >= 0.3 is 0 Å². The van der Waals surface area contributed by atoms with Crippen molar-refractivity contribution in [1.82, 2.24) is 5.32 Å².